The van der Waals surface area contributed by atoms with Crippen molar-refractivity contribution in [2.45, 2.75) is 19.9 Å². The molecule has 0 bridgehead atoms. The van der Waals surface area contributed by atoms with Gasteiger partial charge in [-0.05, 0) is 19.1 Å². The molecular formula is C7H13N5OS. The number of anilines is 1. The normalized spacial score (nSPS) is 10.1. The number of nitrogen functional groups attached to an aromatic ring is 1. The topological polar surface area (TPSA) is 88.7 Å². The minimum absolute atomic E-state index is 0.0185. The Balaban J connectivity index is 2.53. The first-order valence-corrected chi connectivity index (χ1v) is 4.73. The standard InChI is InChI=1S/C7H13N5OS/c1-2-9-5(13)3-4-12-6(8)10-11-7(12)14/h2-4H2,1H3,(H2,8,10)(H,9,13)(H,11,14). The van der Waals surface area contributed by atoms with Crippen molar-refractivity contribution < 1.29 is 4.79 Å². The van der Waals surface area contributed by atoms with E-state index in [0.29, 0.717) is 30.2 Å². The number of H-pyrrole nitrogens is 1. The molecule has 0 aliphatic rings. The average molecular weight is 215 g/mol. The van der Waals surface area contributed by atoms with E-state index in [4.69, 9.17) is 18.0 Å². The molecule has 0 saturated heterocycles. The zero-order valence-electron chi connectivity index (χ0n) is 7.91. The van der Waals surface area contributed by atoms with Crippen LogP contribution in [0.5, 0.6) is 0 Å². The van der Waals surface area contributed by atoms with Crippen LogP contribution < -0.4 is 11.1 Å². The molecular weight excluding hydrogens is 202 g/mol. The van der Waals surface area contributed by atoms with E-state index in [2.05, 4.69) is 15.5 Å². The molecule has 1 aromatic rings. The van der Waals surface area contributed by atoms with E-state index in [1.54, 1.807) is 4.57 Å². The van der Waals surface area contributed by atoms with Crippen molar-refractivity contribution in [2.75, 3.05) is 12.3 Å². The van der Waals surface area contributed by atoms with Crippen LogP contribution in [0, 0.1) is 4.77 Å². The summed E-state index contributed by atoms with van der Waals surface area (Å²) in [5, 5.41) is 8.97. The highest BCUT2D eigenvalue weighted by Gasteiger charge is 2.04. The molecule has 1 heterocycles. The van der Waals surface area contributed by atoms with Gasteiger partial charge in [0.15, 0.2) is 4.77 Å². The van der Waals surface area contributed by atoms with Gasteiger partial charge in [0, 0.05) is 19.5 Å². The molecule has 0 radical (unpaired) electrons. The molecule has 14 heavy (non-hydrogen) atoms. The second-order valence-corrected chi connectivity index (χ2v) is 3.13. The summed E-state index contributed by atoms with van der Waals surface area (Å²) in [6.07, 6.45) is 0.353. The monoisotopic (exact) mass is 215 g/mol. The third kappa shape index (κ3) is 2.56. The van der Waals surface area contributed by atoms with Gasteiger partial charge in [0.1, 0.15) is 0 Å². The number of nitrogens with zero attached hydrogens (tertiary/aromatic N) is 2. The first kappa shape index (κ1) is 10.7. The minimum atomic E-state index is -0.0185. The summed E-state index contributed by atoms with van der Waals surface area (Å²) in [6, 6.07) is 0. The van der Waals surface area contributed by atoms with Gasteiger partial charge in [-0.2, -0.15) is 0 Å². The van der Waals surface area contributed by atoms with E-state index >= 15 is 0 Å². The van der Waals surface area contributed by atoms with Crippen LogP contribution in [0.3, 0.4) is 0 Å². The Bertz CT molecular complexity index is 368. The van der Waals surface area contributed by atoms with Crippen molar-refractivity contribution in [3.8, 4) is 0 Å². The molecule has 1 amide bonds. The molecule has 1 aromatic heterocycles. The first-order chi connectivity index (χ1) is 6.65. The predicted octanol–water partition coefficient (Wildman–Crippen LogP) is 0.0491. The maximum atomic E-state index is 11.1. The highest BCUT2D eigenvalue weighted by atomic mass is 32.1. The van der Waals surface area contributed by atoms with Gasteiger partial charge in [0.05, 0.1) is 0 Å². The summed E-state index contributed by atoms with van der Waals surface area (Å²) in [5.74, 6) is 0.286. The van der Waals surface area contributed by atoms with Crippen molar-refractivity contribution in [2.24, 2.45) is 0 Å². The maximum absolute atomic E-state index is 11.1. The molecule has 7 heteroatoms. The van der Waals surface area contributed by atoms with Gasteiger partial charge in [-0.3, -0.25) is 9.36 Å². The largest absolute Gasteiger partial charge is 0.368 e. The summed E-state index contributed by atoms with van der Waals surface area (Å²) < 4.78 is 2.02. The highest BCUT2D eigenvalue weighted by molar-refractivity contribution is 7.71. The average Bonchev–Trinajstić information content (AvgIpc) is 2.44. The Labute approximate surface area is 86.5 Å². The molecule has 0 spiro atoms. The molecule has 4 N–H and O–H groups in total. The van der Waals surface area contributed by atoms with E-state index in [0.717, 1.165) is 0 Å². The van der Waals surface area contributed by atoms with Crippen LogP contribution in [0.2, 0.25) is 0 Å². The molecule has 0 unspecified atom stereocenters. The lowest BCUT2D eigenvalue weighted by molar-refractivity contribution is -0.121. The van der Waals surface area contributed by atoms with Gasteiger partial charge in [0.25, 0.3) is 0 Å². The van der Waals surface area contributed by atoms with Gasteiger partial charge in [-0.25, -0.2) is 5.10 Å². The van der Waals surface area contributed by atoms with Gasteiger partial charge < -0.3 is 11.1 Å². The van der Waals surface area contributed by atoms with Crippen molar-refractivity contribution in [3.63, 3.8) is 0 Å². The number of carbonyl (C=O) groups is 1. The number of nitrogens with one attached hydrogen (secondary N) is 2. The lowest BCUT2D eigenvalue weighted by atomic mass is 10.4. The number of carbonyl (C=O) groups excluding carboxylic acids is 1. The van der Waals surface area contributed by atoms with E-state index in [1.807, 2.05) is 6.92 Å². The smallest absolute Gasteiger partial charge is 0.221 e. The van der Waals surface area contributed by atoms with Crippen molar-refractivity contribution in [1.29, 1.82) is 0 Å². The fraction of sp³-hybridized carbons (Fsp3) is 0.571. The number of nitrogens with two attached hydrogens (primary N) is 1. The number of aromatic nitrogens is 3. The number of rotatable bonds is 4. The Kier molecular flexibility index (Phi) is 3.63. The van der Waals surface area contributed by atoms with Gasteiger partial charge >= 0.3 is 0 Å². The molecule has 0 aliphatic carbocycles. The maximum Gasteiger partial charge on any atom is 0.221 e. The molecule has 0 aromatic carbocycles. The van der Waals surface area contributed by atoms with Crippen molar-refractivity contribution in [1.82, 2.24) is 20.1 Å². The van der Waals surface area contributed by atoms with E-state index in [1.165, 1.54) is 0 Å². The van der Waals surface area contributed by atoms with Crippen molar-refractivity contribution in [3.05, 3.63) is 4.77 Å². The highest BCUT2D eigenvalue weighted by Crippen LogP contribution is 2.00. The van der Waals surface area contributed by atoms with E-state index < -0.39 is 0 Å². The summed E-state index contributed by atoms with van der Waals surface area (Å²) in [4.78, 5) is 11.1. The molecule has 0 fully saturated rings. The Morgan fingerprint density at radius 1 is 1.79 bits per heavy atom. The summed E-state index contributed by atoms with van der Waals surface area (Å²) in [7, 11) is 0. The van der Waals surface area contributed by atoms with Crippen LogP contribution in [0.25, 0.3) is 0 Å². The second kappa shape index (κ2) is 4.75. The SMILES string of the molecule is CCNC(=O)CCn1c(N)n[nH]c1=S. The molecule has 1 rings (SSSR count). The molecule has 6 nitrogen and oxygen atoms in total. The molecule has 0 aliphatic heterocycles. The third-order valence-corrected chi connectivity index (χ3v) is 2.04. The number of aromatic amines is 1. The first-order valence-electron chi connectivity index (χ1n) is 4.32. The minimum Gasteiger partial charge on any atom is -0.368 e. The van der Waals surface area contributed by atoms with Crippen LogP contribution in [0.1, 0.15) is 13.3 Å². The quantitative estimate of drug-likeness (QED) is 0.619. The summed E-state index contributed by atoms with van der Waals surface area (Å²) >= 11 is 4.92. The van der Waals surface area contributed by atoms with Gasteiger partial charge in [-0.15, -0.1) is 5.10 Å². The fourth-order valence-corrected chi connectivity index (χ4v) is 1.28. The predicted molar refractivity (Wildman–Crippen MR) is 55.1 cm³/mol. The molecule has 78 valence electrons. The van der Waals surface area contributed by atoms with Crippen molar-refractivity contribution >= 4 is 24.1 Å². The summed E-state index contributed by atoms with van der Waals surface area (Å²) in [5.41, 5.74) is 5.52. The van der Waals surface area contributed by atoms with E-state index in [-0.39, 0.29) is 5.91 Å². The lowest BCUT2D eigenvalue weighted by Gasteiger charge is -2.03. The number of hydrogen-bond acceptors (Lipinski definition) is 4. The van der Waals surface area contributed by atoms with Crippen LogP contribution in [0.4, 0.5) is 5.95 Å². The van der Waals surface area contributed by atoms with E-state index in [9.17, 15) is 4.79 Å². The van der Waals surface area contributed by atoms with Crippen LogP contribution in [0.15, 0.2) is 0 Å². The number of amides is 1. The molecule has 0 saturated carbocycles. The summed E-state index contributed by atoms with van der Waals surface area (Å²) in [6.45, 7) is 2.95. The zero-order chi connectivity index (χ0) is 10.6. The van der Waals surface area contributed by atoms with Crippen LogP contribution in [-0.2, 0) is 11.3 Å². The Morgan fingerprint density at radius 2 is 2.50 bits per heavy atom. The van der Waals surface area contributed by atoms with Gasteiger partial charge in [0.2, 0.25) is 11.9 Å². The Hall–Kier alpha value is -1.37. The van der Waals surface area contributed by atoms with Crippen LogP contribution in [-0.4, -0.2) is 27.2 Å². The molecule has 0 atom stereocenters. The zero-order valence-corrected chi connectivity index (χ0v) is 8.73. The fourth-order valence-electron chi connectivity index (χ4n) is 1.04. The third-order valence-electron chi connectivity index (χ3n) is 1.72. The van der Waals surface area contributed by atoms with Crippen LogP contribution >= 0.6 is 12.2 Å². The van der Waals surface area contributed by atoms with Gasteiger partial charge in [-0.1, -0.05) is 0 Å². The lowest BCUT2D eigenvalue weighted by Crippen LogP contribution is -2.24. The number of hydrogen-bond donors (Lipinski definition) is 3. The Morgan fingerprint density at radius 3 is 3.00 bits per heavy atom. The second-order valence-electron chi connectivity index (χ2n) is 2.74.